The van der Waals surface area contributed by atoms with Gasteiger partial charge < -0.3 is 15.4 Å². The maximum absolute atomic E-state index is 13.2. The quantitative estimate of drug-likeness (QED) is 0.497. The average Bonchev–Trinajstić information content (AvgIpc) is 2.64. The summed E-state index contributed by atoms with van der Waals surface area (Å²) >= 11 is 0. The highest BCUT2D eigenvalue weighted by atomic mass is 19.1. The van der Waals surface area contributed by atoms with Gasteiger partial charge in [0.15, 0.2) is 5.96 Å². The van der Waals surface area contributed by atoms with Gasteiger partial charge in [0.2, 0.25) is 0 Å². The van der Waals surface area contributed by atoms with Crippen LogP contribution < -0.4 is 15.4 Å². The monoisotopic (exact) mass is 341 g/mol. The van der Waals surface area contributed by atoms with Gasteiger partial charge in [0, 0.05) is 25.6 Å². The lowest BCUT2D eigenvalue weighted by Gasteiger charge is -2.28. The van der Waals surface area contributed by atoms with E-state index in [-0.39, 0.29) is 11.9 Å². The number of nitrogens with zero attached hydrogens (tertiary/aromatic N) is 1. The highest BCUT2D eigenvalue weighted by Gasteiger charge is 2.21. The molecule has 3 rings (SSSR count). The fraction of sp³-hybridized carbons (Fsp3) is 0.350. The number of ether oxygens (including phenoxy) is 1. The number of halogens is 1. The molecule has 25 heavy (non-hydrogen) atoms. The number of hydrogen-bond acceptors (Lipinski definition) is 2. The summed E-state index contributed by atoms with van der Waals surface area (Å²) in [5, 5.41) is 6.81. The van der Waals surface area contributed by atoms with Gasteiger partial charge in [-0.2, -0.15) is 0 Å². The largest absolute Gasteiger partial charge is 0.493 e. The molecule has 2 N–H and O–H groups in total. The molecular weight excluding hydrogens is 317 g/mol. The lowest BCUT2D eigenvalue weighted by Crippen LogP contribution is -2.41. The van der Waals surface area contributed by atoms with E-state index in [0.29, 0.717) is 6.61 Å². The van der Waals surface area contributed by atoms with Gasteiger partial charge in [0.05, 0.1) is 12.6 Å². The predicted molar refractivity (Wildman–Crippen MR) is 98.5 cm³/mol. The van der Waals surface area contributed by atoms with Crippen LogP contribution >= 0.6 is 0 Å². The summed E-state index contributed by atoms with van der Waals surface area (Å²) in [4.78, 5) is 4.31. The van der Waals surface area contributed by atoms with Crippen molar-refractivity contribution in [2.45, 2.75) is 25.3 Å². The zero-order valence-electron chi connectivity index (χ0n) is 14.5. The molecule has 1 heterocycles. The van der Waals surface area contributed by atoms with Gasteiger partial charge >= 0.3 is 0 Å². The Morgan fingerprint density at radius 3 is 2.96 bits per heavy atom. The fourth-order valence-electron chi connectivity index (χ4n) is 3.04. The van der Waals surface area contributed by atoms with Crippen molar-refractivity contribution in [3.8, 4) is 5.75 Å². The van der Waals surface area contributed by atoms with Gasteiger partial charge in [-0.1, -0.05) is 30.3 Å². The second-order valence-corrected chi connectivity index (χ2v) is 6.10. The highest BCUT2D eigenvalue weighted by Crippen LogP contribution is 2.31. The van der Waals surface area contributed by atoms with E-state index in [2.05, 4.69) is 21.7 Å². The summed E-state index contributed by atoms with van der Waals surface area (Å²) < 4.78 is 18.9. The minimum atomic E-state index is -0.180. The number of fused-ring (bicyclic) bond motifs is 1. The van der Waals surface area contributed by atoms with Crippen molar-refractivity contribution in [1.29, 1.82) is 0 Å². The van der Waals surface area contributed by atoms with Crippen LogP contribution in [-0.2, 0) is 6.42 Å². The first kappa shape index (κ1) is 17.3. The van der Waals surface area contributed by atoms with Crippen LogP contribution in [0.5, 0.6) is 5.75 Å². The predicted octanol–water partition coefficient (Wildman–Crippen LogP) is 3.45. The van der Waals surface area contributed by atoms with Crippen molar-refractivity contribution in [3.05, 3.63) is 65.5 Å². The van der Waals surface area contributed by atoms with E-state index in [1.54, 1.807) is 19.2 Å². The first-order valence-corrected chi connectivity index (χ1v) is 8.69. The normalized spacial score (nSPS) is 16.7. The molecule has 2 aromatic carbocycles. The number of nitrogens with one attached hydrogen (secondary N) is 2. The van der Waals surface area contributed by atoms with Gasteiger partial charge in [0.25, 0.3) is 0 Å². The van der Waals surface area contributed by atoms with Gasteiger partial charge in [-0.05, 0) is 36.6 Å². The summed E-state index contributed by atoms with van der Waals surface area (Å²) in [5.41, 5.74) is 2.18. The zero-order valence-corrected chi connectivity index (χ0v) is 14.5. The maximum atomic E-state index is 13.2. The summed E-state index contributed by atoms with van der Waals surface area (Å²) in [6.45, 7) is 1.48. The Hall–Kier alpha value is -2.56. The van der Waals surface area contributed by atoms with E-state index < -0.39 is 0 Å². The lowest BCUT2D eigenvalue weighted by molar-refractivity contribution is 0.261. The van der Waals surface area contributed by atoms with E-state index in [1.807, 2.05) is 24.3 Å². The molecule has 0 radical (unpaired) electrons. The molecule has 0 amide bonds. The molecule has 0 aliphatic carbocycles. The van der Waals surface area contributed by atoms with Crippen molar-refractivity contribution in [2.75, 3.05) is 20.2 Å². The molecule has 0 spiro atoms. The molecule has 0 saturated carbocycles. The fourth-order valence-corrected chi connectivity index (χ4v) is 3.04. The number of para-hydroxylation sites is 1. The van der Waals surface area contributed by atoms with Gasteiger partial charge in [-0.15, -0.1) is 0 Å². The Kier molecular flexibility index (Phi) is 5.88. The van der Waals surface area contributed by atoms with Crippen LogP contribution in [0.4, 0.5) is 4.39 Å². The third kappa shape index (κ3) is 4.72. The molecule has 5 heteroatoms. The van der Waals surface area contributed by atoms with Gasteiger partial charge in [-0.25, -0.2) is 4.39 Å². The third-order valence-electron chi connectivity index (χ3n) is 4.32. The molecule has 1 atom stereocenters. The topological polar surface area (TPSA) is 45.7 Å². The number of aliphatic imine (C=N–C) groups is 1. The average molecular weight is 341 g/mol. The van der Waals surface area contributed by atoms with Crippen LogP contribution in [0.25, 0.3) is 0 Å². The smallest absolute Gasteiger partial charge is 0.191 e. The van der Waals surface area contributed by atoms with E-state index in [4.69, 9.17) is 4.74 Å². The molecule has 0 saturated heterocycles. The number of hydrogen-bond donors (Lipinski definition) is 2. The second kappa shape index (κ2) is 8.51. The minimum absolute atomic E-state index is 0.180. The first-order valence-electron chi connectivity index (χ1n) is 8.69. The molecular formula is C20H24FN3O. The second-order valence-electron chi connectivity index (χ2n) is 6.10. The van der Waals surface area contributed by atoms with Crippen molar-refractivity contribution >= 4 is 5.96 Å². The van der Waals surface area contributed by atoms with Crippen LogP contribution in [0.2, 0.25) is 0 Å². The van der Waals surface area contributed by atoms with Gasteiger partial charge in [0.1, 0.15) is 11.6 Å². The van der Waals surface area contributed by atoms with Crippen molar-refractivity contribution < 1.29 is 9.13 Å². The number of benzene rings is 2. The van der Waals surface area contributed by atoms with Gasteiger partial charge in [-0.3, -0.25) is 4.99 Å². The van der Waals surface area contributed by atoms with E-state index >= 15 is 0 Å². The molecule has 0 fully saturated rings. The van der Waals surface area contributed by atoms with E-state index in [9.17, 15) is 4.39 Å². The SMILES string of the molecule is CN=C(NCCCc1cccc(F)c1)NC1CCOc2ccccc21. The summed E-state index contributed by atoms with van der Waals surface area (Å²) in [7, 11) is 1.77. The molecule has 1 aliphatic rings. The third-order valence-corrected chi connectivity index (χ3v) is 4.32. The van der Waals surface area contributed by atoms with Crippen LogP contribution in [0, 0.1) is 5.82 Å². The Morgan fingerprint density at radius 2 is 2.12 bits per heavy atom. The molecule has 0 aromatic heterocycles. The number of rotatable bonds is 5. The molecule has 1 aliphatic heterocycles. The minimum Gasteiger partial charge on any atom is -0.493 e. The van der Waals surface area contributed by atoms with Crippen LogP contribution in [0.1, 0.15) is 30.0 Å². The Morgan fingerprint density at radius 1 is 1.24 bits per heavy atom. The molecule has 1 unspecified atom stereocenters. The lowest BCUT2D eigenvalue weighted by atomic mass is 10.0. The molecule has 0 bridgehead atoms. The standard InChI is InChI=1S/C20H24FN3O/c1-22-20(23-12-5-7-15-6-4-8-16(21)14-15)24-18-11-13-25-19-10-3-2-9-17(18)19/h2-4,6,8-10,14,18H,5,7,11-13H2,1H3,(H2,22,23,24). The van der Waals surface area contributed by atoms with Crippen LogP contribution in [-0.4, -0.2) is 26.2 Å². The summed E-state index contributed by atoms with van der Waals surface area (Å²) in [6.07, 6.45) is 2.65. The zero-order chi connectivity index (χ0) is 17.5. The first-order chi connectivity index (χ1) is 12.3. The Bertz CT molecular complexity index is 732. The molecule has 4 nitrogen and oxygen atoms in total. The van der Waals surface area contributed by atoms with E-state index in [1.165, 1.54) is 6.07 Å². The summed E-state index contributed by atoms with van der Waals surface area (Å²) in [5.74, 6) is 1.54. The Balaban J connectivity index is 1.49. The Labute approximate surface area is 148 Å². The van der Waals surface area contributed by atoms with Crippen molar-refractivity contribution in [2.24, 2.45) is 4.99 Å². The van der Waals surface area contributed by atoms with Crippen LogP contribution in [0.15, 0.2) is 53.5 Å². The maximum Gasteiger partial charge on any atom is 0.191 e. The van der Waals surface area contributed by atoms with E-state index in [0.717, 1.165) is 48.6 Å². The van der Waals surface area contributed by atoms with Crippen molar-refractivity contribution in [3.63, 3.8) is 0 Å². The highest BCUT2D eigenvalue weighted by molar-refractivity contribution is 5.80. The van der Waals surface area contributed by atoms with Crippen LogP contribution in [0.3, 0.4) is 0 Å². The molecule has 2 aromatic rings. The van der Waals surface area contributed by atoms with Crippen molar-refractivity contribution in [1.82, 2.24) is 10.6 Å². The molecule has 132 valence electrons. The summed E-state index contributed by atoms with van der Waals surface area (Å²) in [6, 6.07) is 15.1. The number of guanidine groups is 1. The number of aryl methyl sites for hydroxylation is 1.